The van der Waals surface area contributed by atoms with E-state index < -0.39 is 12.1 Å². The number of nitrogens with zero attached hydrogens (tertiary/aromatic N) is 3. The number of aliphatic carboxylic acids is 1. The number of carbonyl (C=O) groups excluding carboxylic acids is 1. The second-order valence-electron chi connectivity index (χ2n) is 7.84. The highest BCUT2D eigenvalue weighted by atomic mass is 19.4. The lowest BCUT2D eigenvalue weighted by atomic mass is 9.99. The molecule has 29 heavy (non-hydrogen) atoms. The zero-order valence-electron chi connectivity index (χ0n) is 16.1. The molecule has 3 atom stereocenters. The number of ether oxygens (including phenoxy) is 1. The molecular formula is C18H25F3N4O4. The summed E-state index contributed by atoms with van der Waals surface area (Å²) in [6.07, 6.45) is 2.05. The highest BCUT2D eigenvalue weighted by Crippen LogP contribution is 2.34. The fourth-order valence-electron chi connectivity index (χ4n) is 3.82. The van der Waals surface area contributed by atoms with Gasteiger partial charge in [0.1, 0.15) is 0 Å². The van der Waals surface area contributed by atoms with Crippen LogP contribution in [0.4, 0.5) is 13.2 Å². The Labute approximate surface area is 166 Å². The van der Waals surface area contributed by atoms with Gasteiger partial charge in [-0.15, -0.1) is 0 Å². The first kappa shape index (κ1) is 21.6. The average molecular weight is 418 g/mol. The van der Waals surface area contributed by atoms with Gasteiger partial charge in [0.25, 0.3) is 0 Å². The third-order valence-corrected chi connectivity index (χ3v) is 5.41. The summed E-state index contributed by atoms with van der Waals surface area (Å²) in [7, 11) is 1.94. The van der Waals surface area contributed by atoms with Gasteiger partial charge in [-0.1, -0.05) is 0 Å². The van der Waals surface area contributed by atoms with Crippen molar-refractivity contribution in [2.75, 3.05) is 19.8 Å². The van der Waals surface area contributed by atoms with Crippen LogP contribution >= 0.6 is 0 Å². The summed E-state index contributed by atoms with van der Waals surface area (Å²) in [5.41, 5.74) is 1.22. The maximum Gasteiger partial charge on any atom is 0.490 e. The van der Waals surface area contributed by atoms with E-state index >= 15 is 0 Å². The minimum atomic E-state index is -5.08. The summed E-state index contributed by atoms with van der Waals surface area (Å²) in [6, 6.07) is 0.654. The fourth-order valence-corrected chi connectivity index (χ4v) is 3.82. The van der Waals surface area contributed by atoms with Gasteiger partial charge in [0, 0.05) is 56.3 Å². The van der Waals surface area contributed by atoms with Crippen molar-refractivity contribution in [1.29, 1.82) is 0 Å². The zero-order chi connectivity index (χ0) is 21.2. The van der Waals surface area contributed by atoms with E-state index in [0.29, 0.717) is 24.3 Å². The maximum absolute atomic E-state index is 12.1. The summed E-state index contributed by atoms with van der Waals surface area (Å²) in [5.74, 6) is -1.46. The minimum Gasteiger partial charge on any atom is -0.475 e. The van der Waals surface area contributed by atoms with Gasteiger partial charge >= 0.3 is 12.1 Å². The number of hydrogen-bond acceptors (Lipinski definition) is 5. The van der Waals surface area contributed by atoms with E-state index in [1.54, 1.807) is 0 Å². The van der Waals surface area contributed by atoms with Crippen LogP contribution in [-0.4, -0.2) is 69.7 Å². The minimum absolute atomic E-state index is 0.223. The summed E-state index contributed by atoms with van der Waals surface area (Å²) in [4.78, 5) is 23.5. The van der Waals surface area contributed by atoms with Gasteiger partial charge in [0.15, 0.2) is 0 Å². The summed E-state index contributed by atoms with van der Waals surface area (Å²) in [5, 5.41) is 14.6. The van der Waals surface area contributed by atoms with Crippen molar-refractivity contribution in [3.63, 3.8) is 0 Å². The number of halogens is 3. The lowest BCUT2D eigenvalue weighted by Gasteiger charge is -2.21. The molecule has 4 rings (SSSR count). The Kier molecular flexibility index (Phi) is 6.47. The lowest BCUT2D eigenvalue weighted by Crippen LogP contribution is -2.41. The van der Waals surface area contributed by atoms with Crippen molar-refractivity contribution < 1.29 is 32.6 Å². The van der Waals surface area contributed by atoms with E-state index in [9.17, 15) is 18.0 Å². The van der Waals surface area contributed by atoms with Crippen molar-refractivity contribution in [2.45, 2.75) is 44.1 Å². The number of aryl methyl sites for hydroxylation is 1. The van der Waals surface area contributed by atoms with Gasteiger partial charge in [0.2, 0.25) is 5.91 Å². The molecule has 11 heteroatoms. The van der Waals surface area contributed by atoms with Crippen LogP contribution < -0.4 is 5.32 Å². The number of amides is 1. The van der Waals surface area contributed by atoms with Crippen molar-refractivity contribution in [3.8, 4) is 0 Å². The standard InChI is InChI=1S/C16H24N4O2.C2HF3O2/c1-19-6-12(5-17-19)7-20-8-14(13-9-22-10-15(13)20)18-16(21)4-11-2-3-11;3-2(4,5)1(6)7/h5-6,11,13-15H,2-4,7-10H2,1H3,(H,18,21);(H,6,7)/t13-,14-,15-;/m1./s1. The number of nitrogens with one attached hydrogen (secondary N) is 1. The molecule has 1 aromatic rings. The number of carboxylic acid groups (broad SMARTS) is 1. The van der Waals surface area contributed by atoms with E-state index in [2.05, 4.69) is 21.5 Å². The molecule has 0 bridgehead atoms. The molecule has 3 fully saturated rings. The highest BCUT2D eigenvalue weighted by Gasteiger charge is 2.46. The normalized spacial score (nSPS) is 26.6. The van der Waals surface area contributed by atoms with Crippen molar-refractivity contribution in [3.05, 3.63) is 18.0 Å². The van der Waals surface area contributed by atoms with Crippen molar-refractivity contribution in [2.24, 2.45) is 18.9 Å². The summed E-state index contributed by atoms with van der Waals surface area (Å²) >= 11 is 0. The largest absolute Gasteiger partial charge is 0.490 e. The van der Waals surface area contributed by atoms with Gasteiger partial charge in [-0.05, 0) is 18.8 Å². The molecule has 2 saturated heterocycles. The Hall–Kier alpha value is -2.14. The molecule has 8 nitrogen and oxygen atoms in total. The van der Waals surface area contributed by atoms with Crippen molar-refractivity contribution in [1.82, 2.24) is 20.0 Å². The Morgan fingerprint density at radius 2 is 2.03 bits per heavy atom. The van der Waals surface area contributed by atoms with E-state index in [1.807, 2.05) is 17.9 Å². The van der Waals surface area contributed by atoms with Gasteiger partial charge < -0.3 is 15.2 Å². The molecule has 0 spiro atoms. The molecule has 0 aromatic carbocycles. The number of fused-ring (bicyclic) bond motifs is 1. The lowest BCUT2D eigenvalue weighted by molar-refractivity contribution is -0.192. The van der Waals surface area contributed by atoms with Gasteiger partial charge in [0.05, 0.1) is 19.4 Å². The Morgan fingerprint density at radius 1 is 1.34 bits per heavy atom. The molecule has 2 N–H and O–H groups in total. The predicted octanol–water partition coefficient (Wildman–Crippen LogP) is 1.17. The number of aromatic nitrogens is 2. The second-order valence-corrected chi connectivity index (χ2v) is 7.84. The number of likely N-dealkylation sites (tertiary alicyclic amines) is 1. The molecular weight excluding hydrogens is 393 g/mol. The first-order valence-corrected chi connectivity index (χ1v) is 9.52. The summed E-state index contributed by atoms with van der Waals surface area (Å²) < 4.78 is 39.2. The van der Waals surface area contributed by atoms with Crippen LogP contribution in [0.5, 0.6) is 0 Å². The van der Waals surface area contributed by atoms with Crippen LogP contribution in [0.1, 0.15) is 24.8 Å². The number of carboxylic acids is 1. The predicted molar refractivity (Wildman–Crippen MR) is 94.7 cm³/mol. The van der Waals surface area contributed by atoms with E-state index in [-0.39, 0.29) is 11.9 Å². The van der Waals surface area contributed by atoms with Crippen LogP contribution in [0.3, 0.4) is 0 Å². The Bertz CT molecular complexity index is 735. The molecule has 1 aromatic heterocycles. The highest BCUT2D eigenvalue weighted by molar-refractivity contribution is 5.77. The number of rotatable bonds is 5. The third kappa shape index (κ3) is 5.92. The van der Waals surface area contributed by atoms with Gasteiger partial charge in [-0.3, -0.25) is 14.4 Å². The molecule has 162 valence electrons. The molecule has 3 heterocycles. The molecule has 2 aliphatic heterocycles. The molecule has 0 radical (unpaired) electrons. The Balaban J connectivity index is 0.000000298. The molecule has 3 aliphatic rings. The number of alkyl halides is 3. The van der Waals surface area contributed by atoms with E-state index in [1.165, 1.54) is 18.4 Å². The first-order valence-electron chi connectivity index (χ1n) is 9.52. The SMILES string of the molecule is Cn1cc(CN2C[C@@H](NC(=O)CC3CC3)[C@H]3COC[C@H]32)cn1.O=C(O)C(F)(F)F. The van der Waals surface area contributed by atoms with Gasteiger partial charge in [-0.2, -0.15) is 18.3 Å². The fraction of sp³-hybridized carbons (Fsp3) is 0.722. The first-order chi connectivity index (χ1) is 13.6. The van der Waals surface area contributed by atoms with Gasteiger partial charge in [-0.25, -0.2) is 4.79 Å². The molecule has 1 aliphatic carbocycles. The monoisotopic (exact) mass is 418 g/mol. The summed E-state index contributed by atoms with van der Waals surface area (Å²) in [6.45, 7) is 3.35. The Morgan fingerprint density at radius 3 is 2.59 bits per heavy atom. The quantitative estimate of drug-likeness (QED) is 0.745. The van der Waals surface area contributed by atoms with Crippen LogP contribution in [-0.2, 0) is 27.9 Å². The van der Waals surface area contributed by atoms with Crippen LogP contribution in [0.2, 0.25) is 0 Å². The second kappa shape index (κ2) is 8.70. The molecule has 1 amide bonds. The smallest absolute Gasteiger partial charge is 0.475 e. The van der Waals surface area contributed by atoms with E-state index in [4.69, 9.17) is 14.6 Å². The van der Waals surface area contributed by atoms with Crippen molar-refractivity contribution >= 4 is 11.9 Å². The maximum atomic E-state index is 12.1. The zero-order valence-corrected chi connectivity index (χ0v) is 16.1. The topological polar surface area (TPSA) is 96.7 Å². The van der Waals surface area contributed by atoms with Crippen LogP contribution in [0, 0.1) is 11.8 Å². The van der Waals surface area contributed by atoms with E-state index in [0.717, 1.165) is 26.3 Å². The molecule has 1 saturated carbocycles. The third-order valence-electron chi connectivity index (χ3n) is 5.41. The van der Waals surface area contributed by atoms with Crippen LogP contribution in [0.25, 0.3) is 0 Å². The average Bonchev–Trinajstić information content (AvgIpc) is 3.03. The van der Waals surface area contributed by atoms with Crippen LogP contribution in [0.15, 0.2) is 12.4 Å². The number of carbonyl (C=O) groups is 2. The molecule has 0 unspecified atom stereocenters. The number of hydrogen-bond donors (Lipinski definition) is 2.